The highest BCUT2D eigenvalue weighted by Gasteiger charge is 2.37. The van der Waals surface area contributed by atoms with Gasteiger partial charge in [-0.05, 0) is 31.7 Å². The minimum absolute atomic E-state index is 0.103. The highest BCUT2D eigenvalue weighted by Crippen LogP contribution is 2.33. The summed E-state index contributed by atoms with van der Waals surface area (Å²) in [6, 6.07) is 5.70. The molecule has 0 aromatic heterocycles. The lowest BCUT2D eigenvalue weighted by molar-refractivity contribution is -0.0943. The summed E-state index contributed by atoms with van der Waals surface area (Å²) in [5.41, 5.74) is 0.951. The van der Waals surface area contributed by atoms with Crippen LogP contribution in [0.15, 0.2) is 18.2 Å². The summed E-state index contributed by atoms with van der Waals surface area (Å²) < 4.78 is 11.3. The van der Waals surface area contributed by atoms with Crippen molar-refractivity contribution in [3.8, 4) is 0 Å². The second-order valence-corrected chi connectivity index (χ2v) is 6.40. The maximum Gasteiger partial charge on any atom is 0.174 e. The largest absolute Gasteiger partial charge is 0.349 e. The topological polar surface area (TPSA) is 28.2 Å². The van der Waals surface area contributed by atoms with E-state index in [4.69, 9.17) is 32.7 Å². The van der Waals surface area contributed by atoms with Gasteiger partial charge in [-0.15, -0.1) is 0 Å². The van der Waals surface area contributed by atoms with Gasteiger partial charge in [0.1, 0.15) is 0 Å². The molecular weight excluding hydrogens is 325 g/mol. The van der Waals surface area contributed by atoms with Gasteiger partial charge in [-0.3, -0.25) is 9.91 Å². The number of ether oxygens (including phenoxy) is 2. The first-order valence-electron chi connectivity index (χ1n) is 7.55. The molecule has 1 unspecified atom stereocenters. The normalized spacial score (nSPS) is 22.6. The van der Waals surface area contributed by atoms with Crippen LogP contribution in [0, 0.1) is 0 Å². The lowest BCUT2D eigenvalue weighted by Crippen LogP contribution is -2.48. The number of halogens is 2. The Balaban J connectivity index is 1.85. The second kappa shape index (κ2) is 6.91. The SMILES string of the molecule is CCN1CN(c2ccc(Cl)cc2Cl)N(C(C)C2OCCO2)C1. The molecule has 1 aromatic rings. The molecule has 0 aliphatic carbocycles. The Morgan fingerprint density at radius 1 is 1.23 bits per heavy atom. The maximum absolute atomic E-state index is 6.40. The zero-order chi connectivity index (χ0) is 15.7. The molecule has 2 saturated heterocycles. The molecular formula is C15H21Cl2N3O2. The molecule has 0 amide bonds. The van der Waals surface area contributed by atoms with Crippen molar-refractivity contribution >= 4 is 28.9 Å². The Morgan fingerprint density at radius 3 is 2.59 bits per heavy atom. The number of hydrogen-bond acceptors (Lipinski definition) is 5. The molecule has 22 heavy (non-hydrogen) atoms. The van der Waals surface area contributed by atoms with Crippen molar-refractivity contribution in [2.45, 2.75) is 26.2 Å². The first-order valence-corrected chi connectivity index (χ1v) is 8.30. The minimum atomic E-state index is -0.203. The van der Waals surface area contributed by atoms with Crippen LogP contribution in [0.5, 0.6) is 0 Å². The van der Waals surface area contributed by atoms with Crippen LogP contribution in [-0.2, 0) is 9.47 Å². The van der Waals surface area contributed by atoms with Gasteiger partial charge in [0.05, 0.1) is 43.3 Å². The lowest BCUT2D eigenvalue weighted by Gasteiger charge is -2.35. The quantitative estimate of drug-likeness (QED) is 0.836. The first kappa shape index (κ1) is 16.3. The summed E-state index contributed by atoms with van der Waals surface area (Å²) in [6.45, 7) is 8.15. The van der Waals surface area contributed by atoms with Crippen molar-refractivity contribution in [1.82, 2.24) is 9.91 Å². The molecule has 1 atom stereocenters. The fraction of sp³-hybridized carbons (Fsp3) is 0.600. The number of nitrogens with zero attached hydrogens (tertiary/aromatic N) is 3. The van der Waals surface area contributed by atoms with E-state index < -0.39 is 0 Å². The standard InChI is InChI=1S/C15H21Cl2N3O2/c1-3-18-9-19(11(2)15-21-6-7-22-15)20(10-18)14-5-4-12(16)8-13(14)17/h4-5,8,11,15H,3,6-7,9-10H2,1-2H3. The smallest absolute Gasteiger partial charge is 0.174 e. The van der Waals surface area contributed by atoms with Gasteiger partial charge in [-0.1, -0.05) is 30.1 Å². The van der Waals surface area contributed by atoms with Gasteiger partial charge < -0.3 is 9.47 Å². The minimum Gasteiger partial charge on any atom is -0.349 e. The lowest BCUT2D eigenvalue weighted by atomic mass is 10.3. The van der Waals surface area contributed by atoms with Gasteiger partial charge in [0.15, 0.2) is 6.29 Å². The number of hydrazine groups is 1. The van der Waals surface area contributed by atoms with Crippen molar-refractivity contribution < 1.29 is 9.47 Å². The van der Waals surface area contributed by atoms with Crippen LogP contribution < -0.4 is 5.01 Å². The molecule has 3 rings (SSSR count). The molecule has 0 bridgehead atoms. The Bertz CT molecular complexity index is 526. The molecule has 2 aliphatic heterocycles. The van der Waals surface area contributed by atoms with E-state index in [1.54, 1.807) is 6.07 Å². The van der Waals surface area contributed by atoms with E-state index in [1.165, 1.54) is 0 Å². The van der Waals surface area contributed by atoms with Crippen LogP contribution in [0.1, 0.15) is 13.8 Å². The summed E-state index contributed by atoms with van der Waals surface area (Å²) in [5, 5.41) is 5.71. The van der Waals surface area contributed by atoms with E-state index in [1.807, 2.05) is 12.1 Å². The third kappa shape index (κ3) is 3.20. The Morgan fingerprint density at radius 2 is 1.95 bits per heavy atom. The van der Waals surface area contributed by atoms with Gasteiger partial charge >= 0.3 is 0 Å². The predicted molar refractivity (Wildman–Crippen MR) is 88.0 cm³/mol. The molecule has 0 saturated carbocycles. The highest BCUT2D eigenvalue weighted by molar-refractivity contribution is 6.36. The van der Waals surface area contributed by atoms with E-state index >= 15 is 0 Å². The molecule has 1 aromatic carbocycles. The Hall–Kier alpha value is -0.560. The van der Waals surface area contributed by atoms with Crippen LogP contribution >= 0.6 is 23.2 Å². The number of rotatable bonds is 4. The van der Waals surface area contributed by atoms with Crippen LogP contribution in [0.2, 0.25) is 10.0 Å². The van der Waals surface area contributed by atoms with Crippen LogP contribution in [0.3, 0.4) is 0 Å². The fourth-order valence-corrected chi connectivity index (χ4v) is 3.35. The summed E-state index contributed by atoms with van der Waals surface area (Å²) in [6.07, 6.45) is -0.203. The average molecular weight is 346 g/mol. The Kier molecular flexibility index (Phi) is 5.12. The molecule has 122 valence electrons. The number of anilines is 1. The van der Waals surface area contributed by atoms with Gasteiger partial charge in [0.2, 0.25) is 0 Å². The molecule has 0 spiro atoms. The van der Waals surface area contributed by atoms with E-state index in [9.17, 15) is 0 Å². The third-order valence-corrected chi connectivity index (χ3v) is 4.67. The van der Waals surface area contributed by atoms with Crippen molar-refractivity contribution in [3.05, 3.63) is 28.2 Å². The molecule has 7 heteroatoms. The predicted octanol–water partition coefficient (Wildman–Crippen LogP) is 3.03. The zero-order valence-corrected chi connectivity index (χ0v) is 14.3. The van der Waals surface area contributed by atoms with Crippen LogP contribution in [0.25, 0.3) is 0 Å². The average Bonchev–Trinajstić information content (AvgIpc) is 3.16. The van der Waals surface area contributed by atoms with Crippen molar-refractivity contribution in [3.63, 3.8) is 0 Å². The zero-order valence-electron chi connectivity index (χ0n) is 12.8. The van der Waals surface area contributed by atoms with Gasteiger partial charge in [-0.25, -0.2) is 0 Å². The molecule has 2 fully saturated rings. The van der Waals surface area contributed by atoms with E-state index in [2.05, 4.69) is 28.8 Å². The Labute approximate surface area is 141 Å². The summed E-state index contributed by atoms with van der Waals surface area (Å²) in [7, 11) is 0. The first-order chi connectivity index (χ1) is 10.6. The van der Waals surface area contributed by atoms with Crippen LogP contribution in [0.4, 0.5) is 5.69 Å². The number of benzene rings is 1. The monoisotopic (exact) mass is 345 g/mol. The second-order valence-electron chi connectivity index (χ2n) is 5.56. The molecule has 0 N–H and O–H groups in total. The van der Waals surface area contributed by atoms with Crippen molar-refractivity contribution in [1.29, 1.82) is 0 Å². The van der Waals surface area contributed by atoms with Gasteiger partial charge in [0.25, 0.3) is 0 Å². The van der Waals surface area contributed by atoms with Crippen molar-refractivity contribution in [2.75, 3.05) is 38.1 Å². The van der Waals surface area contributed by atoms with E-state index in [-0.39, 0.29) is 12.3 Å². The molecule has 5 nitrogen and oxygen atoms in total. The highest BCUT2D eigenvalue weighted by atomic mass is 35.5. The van der Waals surface area contributed by atoms with Crippen molar-refractivity contribution in [2.24, 2.45) is 0 Å². The maximum atomic E-state index is 6.40. The fourth-order valence-electron chi connectivity index (χ4n) is 2.85. The summed E-state index contributed by atoms with van der Waals surface area (Å²) in [4.78, 5) is 2.33. The van der Waals surface area contributed by atoms with Gasteiger partial charge in [0, 0.05) is 5.02 Å². The molecule has 2 aliphatic rings. The summed E-state index contributed by atoms with van der Waals surface area (Å²) >= 11 is 12.4. The van der Waals surface area contributed by atoms with Crippen LogP contribution in [-0.4, -0.2) is 55.3 Å². The van der Waals surface area contributed by atoms with E-state index in [0.29, 0.717) is 23.3 Å². The van der Waals surface area contributed by atoms with E-state index in [0.717, 1.165) is 25.6 Å². The number of hydrogen-bond donors (Lipinski definition) is 0. The molecule has 0 radical (unpaired) electrons. The third-order valence-electron chi connectivity index (χ3n) is 4.14. The summed E-state index contributed by atoms with van der Waals surface area (Å²) in [5.74, 6) is 0. The molecule has 2 heterocycles. The van der Waals surface area contributed by atoms with Gasteiger partial charge in [-0.2, -0.15) is 5.01 Å².